The molecule has 33 heavy (non-hydrogen) atoms. The molecule has 1 aliphatic rings. The summed E-state index contributed by atoms with van der Waals surface area (Å²) in [5.74, 6) is -0.289. The summed E-state index contributed by atoms with van der Waals surface area (Å²) >= 11 is 0. The van der Waals surface area contributed by atoms with E-state index in [0.717, 1.165) is 0 Å². The third-order valence-electron chi connectivity index (χ3n) is 6.16. The highest BCUT2D eigenvalue weighted by molar-refractivity contribution is 5.48. The predicted molar refractivity (Wildman–Crippen MR) is 125 cm³/mol. The Bertz CT molecular complexity index is 1140. The van der Waals surface area contributed by atoms with E-state index in [1.165, 1.54) is 6.07 Å². The van der Waals surface area contributed by atoms with Crippen molar-refractivity contribution in [1.29, 1.82) is 0 Å². The minimum atomic E-state index is -0.518. The SMILES string of the molecule is COCCn1c(C)cc(O)c(C(c2ccccn2)N2CCN(c3ccccc3F)CC2)c1=O. The topological polar surface area (TPSA) is 70.8 Å². The molecule has 1 N–H and O–H groups in total. The van der Waals surface area contributed by atoms with E-state index in [0.29, 0.717) is 62.0 Å². The lowest BCUT2D eigenvalue weighted by molar-refractivity contribution is 0.183. The van der Waals surface area contributed by atoms with Gasteiger partial charge in [0.2, 0.25) is 0 Å². The first-order valence-corrected chi connectivity index (χ1v) is 11.1. The maximum Gasteiger partial charge on any atom is 0.259 e. The van der Waals surface area contributed by atoms with E-state index in [-0.39, 0.29) is 17.1 Å². The van der Waals surface area contributed by atoms with Crippen LogP contribution in [0.2, 0.25) is 0 Å². The quantitative estimate of drug-likeness (QED) is 0.595. The van der Waals surface area contributed by atoms with Crippen LogP contribution in [-0.4, -0.2) is 59.5 Å². The zero-order valence-corrected chi connectivity index (χ0v) is 18.9. The minimum absolute atomic E-state index is 0.0432. The molecule has 7 nitrogen and oxygen atoms in total. The number of aryl methyl sites for hydroxylation is 1. The number of aromatic nitrogens is 2. The molecule has 3 heterocycles. The Labute approximate surface area is 192 Å². The number of hydrogen-bond donors (Lipinski definition) is 1. The number of nitrogens with zero attached hydrogens (tertiary/aromatic N) is 4. The molecule has 1 fully saturated rings. The highest BCUT2D eigenvalue weighted by Gasteiger charge is 2.32. The van der Waals surface area contributed by atoms with E-state index in [2.05, 4.69) is 9.88 Å². The Morgan fingerprint density at radius 3 is 2.52 bits per heavy atom. The van der Waals surface area contributed by atoms with E-state index in [1.807, 2.05) is 29.2 Å². The van der Waals surface area contributed by atoms with Gasteiger partial charge in [-0.25, -0.2) is 4.39 Å². The average Bonchev–Trinajstić information content (AvgIpc) is 2.83. The number of benzene rings is 1. The van der Waals surface area contributed by atoms with Crippen LogP contribution in [0.1, 0.15) is 23.0 Å². The number of methoxy groups -OCH3 is 1. The summed E-state index contributed by atoms with van der Waals surface area (Å²) in [5.41, 5.74) is 1.98. The summed E-state index contributed by atoms with van der Waals surface area (Å²) in [6.45, 7) is 4.93. The maximum absolute atomic E-state index is 14.3. The van der Waals surface area contributed by atoms with Crippen molar-refractivity contribution in [2.75, 3.05) is 44.8 Å². The third-order valence-corrected chi connectivity index (χ3v) is 6.16. The Morgan fingerprint density at radius 2 is 1.85 bits per heavy atom. The van der Waals surface area contributed by atoms with Gasteiger partial charge in [-0.2, -0.15) is 0 Å². The number of para-hydroxylation sites is 1. The van der Waals surface area contributed by atoms with E-state index in [4.69, 9.17) is 4.74 Å². The van der Waals surface area contributed by atoms with Crippen molar-refractivity contribution < 1.29 is 14.2 Å². The lowest BCUT2D eigenvalue weighted by Crippen LogP contribution is -2.49. The first-order chi connectivity index (χ1) is 16.0. The van der Waals surface area contributed by atoms with Gasteiger partial charge in [-0.1, -0.05) is 18.2 Å². The molecule has 0 amide bonds. The van der Waals surface area contributed by atoms with Gasteiger partial charge >= 0.3 is 0 Å². The largest absolute Gasteiger partial charge is 0.507 e. The molecule has 1 saturated heterocycles. The molecule has 0 spiro atoms. The summed E-state index contributed by atoms with van der Waals surface area (Å²) in [7, 11) is 1.59. The van der Waals surface area contributed by atoms with Crippen molar-refractivity contribution in [3.8, 4) is 5.75 Å². The molecule has 1 aromatic carbocycles. The predicted octanol–water partition coefficient (Wildman–Crippen LogP) is 2.95. The van der Waals surface area contributed by atoms with Gasteiger partial charge in [0.05, 0.1) is 29.6 Å². The zero-order valence-electron chi connectivity index (χ0n) is 18.9. The smallest absolute Gasteiger partial charge is 0.259 e. The molecule has 2 aromatic heterocycles. The van der Waals surface area contributed by atoms with Crippen LogP contribution in [0.25, 0.3) is 0 Å². The molecule has 0 saturated carbocycles. The van der Waals surface area contributed by atoms with Crippen LogP contribution in [-0.2, 0) is 11.3 Å². The number of pyridine rings is 2. The van der Waals surface area contributed by atoms with Crippen molar-refractivity contribution in [2.45, 2.75) is 19.5 Å². The molecule has 1 aliphatic heterocycles. The van der Waals surface area contributed by atoms with Crippen LogP contribution in [0.15, 0.2) is 59.5 Å². The van der Waals surface area contributed by atoms with Crippen LogP contribution in [0.4, 0.5) is 10.1 Å². The van der Waals surface area contributed by atoms with Gasteiger partial charge in [-0.15, -0.1) is 0 Å². The van der Waals surface area contributed by atoms with Gasteiger partial charge in [0.1, 0.15) is 11.6 Å². The number of hydrogen-bond acceptors (Lipinski definition) is 6. The van der Waals surface area contributed by atoms with Crippen molar-refractivity contribution in [2.24, 2.45) is 0 Å². The van der Waals surface area contributed by atoms with Crippen molar-refractivity contribution in [3.63, 3.8) is 0 Å². The van der Waals surface area contributed by atoms with Crippen LogP contribution >= 0.6 is 0 Å². The van der Waals surface area contributed by atoms with Gasteiger partial charge in [-0.05, 0) is 37.3 Å². The Hall–Kier alpha value is -3.23. The lowest BCUT2D eigenvalue weighted by atomic mass is 9.99. The molecule has 1 unspecified atom stereocenters. The lowest BCUT2D eigenvalue weighted by Gasteiger charge is -2.40. The van der Waals surface area contributed by atoms with Crippen LogP contribution < -0.4 is 10.5 Å². The zero-order chi connectivity index (χ0) is 23.4. The first-order valence-electron chi connectivity index (χ1n) is 11.1. The van der Waals surface area contributed by atoms with Gasteiger partial charge in [-0.3, -0.25) is 14.7 Å². The normalized spacial score (nSPS) is 15.5. The average molecular weight is 453 g/mol. The second-order valence-corrected chi connectivity index (χ2v) is 8.17. The number of anilines is 1. The number of halogens is 1. The molecule has 0 aliphatic carbocycles. The fourth-order valence-corrected chi connectivity index (χ4v) is 4.47. The Morgan fingerprint density at radius 1 is 1.12 bits per heavy atom. The highest BCUT2D eigenvalue weighted by atomic mass is 19.1. The van der Waals surface area contributed by atoms with Crippen LogP contribution in [0, 0.1) is 12.7 Å². The summed E-state index contributed by atoms with van der Waals surface area (Å²) in [6.07, 6.45) is 1.69. The molecule has 174 valence electrons. The fraction of sp³-hybridized carbons (Fsp3) is 0.360. The van der Waals surface area contributed by atoms with Crippen LogP contribution in [0.3, 0.4) is 0 Å². The molecule has 1 atom stereocenters. The van der Waals surface area contributed by atoms with E-state index >= 15 is 0 Å². The number of aromatic hydroxyl groups is 1. The van der Waals surface area contributed by atoms with E-state index < -0.39 is 6.04 Å². The summed E-state index contributed by atoms with van der Waals surface area (Å²) in [5, 5.41) is 10.9. The minimum Gasteiger partial charge on any atom is -0.507 e. The molecule has 0 radical (unpaired) electrons. The van der Waals surface area contributed by atoms with Gasteiger partial charge in [0.25, 0.3) is 5.56 Å². The molecular weight excluding hydrogens is 423 g/mol. The fourth-order valence-electron chi connectivity index (χ4n) is 4.47. The van der Waals surface area contributed by atoms with Crippen molar-refractivity contribution in [1.82, 2.24) is 14.5 Å². The summed E-state index contributed by atoms with van der Waals surface area (Å²) in [6, 6.07) is 13.4. The highest BCUT2D eigenvalue weighted by Crippen LogP contribution is 2.33. The number of ether oxygens (including phenoxy) is 1. The second-order valence-electron chi connectivity index (χ2n) is 8.17. The van der Waals surface area contributed by atoms with Gasteiger partial charge in [0, 0.05) is 51.7 Å². The standard InChI is InChI=1S/C25H29FN4O3/c1-18-17-22(31)23(25(32)30(18)15-16-33-2)24(20-8-5-6-10-27-20)29-13-11-28(12-14-29)21-9-4-3-7-19(21)26/h3-10,17,24,31H,11-16H2,1-2H3. The van der Waals surface area contributed by atoms with Crippen molar-refractivity contribution in [3.05, 3.63) is 87.9 Å². The third kappa shape index (κ3) is 4.77. The van der Waals surface area contributed by atoms with Gasteiger partial charge in [0.15, 0.2) is 0 Å². The van der Waals surface area contributed by atoms with Crippen LogP contribution in [0.5, 0.6) is 5.75 Å². The number of piperazine rings is 1. The van der Waals surface area contributed by atoms with E-state index in [9.17, 15) is 14.3 Å². The molecule has 8 heteroatoms. The summed E-state index contributed by atoms with van der Waals surface area (Å²) in [4.78, 5) is 22.2. The first kappa shape index (κ1) is 22.9. The molecule has 0 bridgehead atoms. The molecule has 3 aromatic rings. The second kappa shape index (κ2) is 10.1. The molecule has 4 rings (SSSR count). The monoisotopic (exact) mass is 452 g/mol. The summed E-state index contributed by atoms with van der Waals surface area (Å²) < 4.78 is 21.1. The Kier molecular flexibility index (Phi) is 7.05. The van der Waals surface area contributed by atoms with E-state index in [1.54, 1.807) is 43.0 Å². The maximum atomic E-state index is 14.3. The Balaban J connectivity index is 1.70. The van der Waals surface area contributed by atoms with Crippen molar-refractivity contribution >= 4 is 5.69 Å². The number of rotatable bonds is 7. The van der Waals surface area contributed by atoms with Gasteiger partial charge < -0.3 is 19.3 Å². The molecular formula is C25H29FN4O3.